The van der Waals surface area contributed by atoms with E-state index in [0.717, 1.165) is 22.0 Å². The Morgan fingerprint density at radius 2 is 2.10 bits per heavy atom. The molecule has 0 radical (unpaired) electrons. The third-order valence-electron chi connectivity index (χ3n) is 5.77. The van der Waals surface area contributed by atoms with Gasteiger partial charge in [-0.15, -0.1) is 0 Å². The fourth-order valence-electron chi connectivity index (χ4n) is 4.70. The summed E-state index contributed by atoms with van der Waals surface area (Å²) < 4.78 is 1.09. The summed E-state index contributed by atoms with van der Waals surface area (Å²) in [4.78, 5) is 0. The molecule has 0 spiro atoms. The number of rotatable bonds is 3. The van der Waals surface area contributed by atoms with Gasteiger partial charge < -0.3 is 5.32 Å². The van der Waals surface area contributed by atoms with Crippen molar-refractivity contribution in [3.8, 4) is 0 Å². The summed E-state index contributed by atoms with van der Waals surface area (Å²) in [6.07, 6.45) is 4.15. The maximum atomic E-state index is 6.31. The lowest BCUT2D eigenvalue weighted by atomic mass is 9.68. The van der Waals surface area contributed by atoms with Crippen molar-refractivity contribution in [2.75, 3.05) is 0 Å². The summed E-state index contributed by atoms with van der Waals surface area (Å²) in [5, 5.41) is 4.68. The SMILES string of the molecule is CC12CCC(C1)C(C)(C)C2NCc1cc(Br)ccc1Cl. The molecule has 1 aromatic carbocycles. The van der Waals surface area contributed by atoms with E-state index in [4.69, 9.17) is 11.6 Å². The second kappa shape index (κ2) is 5.00. The average molecular weight is 357 g/mol. The number of fused-ring (bicyclic) bond motifs is 2. The van der Waals surface area contributed by atoms with Crippen molar-refractivity contribution in [2.24, 2.45) is 16.7 Å². The molecular weight excluding hydrogens is 334 g/mol. The van der Waals surface area contributed by atoms with Crippen LogP contribution in [-0.4, -0.2) is 6.04 Å². The van der Waals surface area contributed by atoms with Gasteiger partial charge >= 0.3 is 0 Å². The van der Waals surface area contributed by atoms with Gasteiger partial charge in [0.15, 0.2) is 0 Å². The summed E-state index contributed by atoms with van der Waals surface area (Å²) in [7, 11) is 0. The van der Waals surface area contributed by atoms with Gasteiger partial charge in [0.05, 0.1) is 0 Å². The summed E-state index contributed by atoms with van der Waals surface area (Å²) in [6.45, 7) is 8.18. The molecule has 1 aromatic rings. The van der Waals surface area contributed by atoms with E-state index in [-0.39, 0.29) is 0 Å². The van der Waals surface area contributed by atoms with Crippen molar-refractivity contribution in [2.45, 2.75) is 52.6 Å². The van der Waals surface area contributed by atoms with Crippen LogP contribution in [0.5, 0.6) is 0 Å². The van der Waals surface area contributed by atoms with Crippen LogP contribution in [0.15, 0.2) is 22.7 Å². The number of hydrogen-bond donors (Lipinski definition) is 1. The van der Waals surface area contributed by atoms with E-state index in [1.54, 1.807) is 0 Å². The Morgan fingerprint density at radius 3 is 2.75 bits per heavy atom. The van der Waals surface area contributed by atoms with E-state index in [1.165, 1.54) is 24.8 Å². The number of nitrogens with one attached hydrogen (secondary N) is 1. The highest BCUT2D eigenvalue weighted by atomic mass is 79.9. The predicted molar refractivity (Wildman–Crippen MR) is 89.0 cm³/mol. The van der Waals surface area contributed by atoms with Gasteiger partial charge in [0.2, 0.25) is 0 Å². The molecule has 2 saturated carbocycles. The van der Waals surface area contributed by atoms with Crippen LogP contribution in [0.4, 0.5) is 0 Å². The maximum Gasteiger partial charge on any atom is 0.0451 e. The van der Waals surface area contributed by atoms with Gasteiger partial charge in [-0.25, -0.2) is 0 Å². The van der Waals surface area contributed by atoms with Crippen LogP contribution in [-0.2, 0) is 6.54 Å². The molecule has 0 amide bonds. The zero-order valence-corrected chi connectivity index (χ0v) is 14.8. The van der Waals surface area contributed by atoms with E-state index in [0.29, 0.717) is 16.9 Å². The number of benzene rings is 1. The molecule has 110 valence electrons. The topological polar surface area (TPSA) is 12.0 Å². The minimum Gasteiger partial charge on any atom is -0.309 e. The Bertz CT molecular complexity index is 523. The summed E-state index contributed by atoms with van der Waals surface area (Å²) in [5.74, 6) is 0.878. The normalized spacial score (nSPS) is 34.6. The van der Waals surface area contributed by atoms with Gasteiger partial charge in [-0.1, -0.05) is 48.3 Å². The van der Waals surface area contributed by atoms with Crippen LogP contribution in [0.1, 0.15) is 45.6 Å². The Labute approximate surface area is 135 Å². The minimum atomic E-state index is 0.394. The van der Waals surface area contributed by atoms with Crippen molar-refractivity contribution < 1.29 is 0 Å². The molecule has 2 aliphatic carbocycles. The minimum absolute atomic E-state index is 0.394. The van der Waals surface area contributed by atoms with E-state index in [9.17, 15) is 0 Å². The lowest BCUT2D eigenvalue weighted by Crippen LogP contribution is -2.49. The van der Waals surface area contributed by atoms with Crippen molar-refractivity contribution in [1.29, 1.82) is 0 Å². The van der Waals surface area contributed by atoms with Crippen molar-refractivity contribution in [3.05, 3.63) is 33.3 Å². The third kappa shape index (κ3) is 2.34. The van der Waals surface area contributed by atoms with Gasteiger partial charge in [0, 0.05) is 22.1 Å². The van der Waals surface area contributed by atoms with Gasteiger partial charge in [-0.3, -0.25) is 0 Å². The number of hydrogen-bond acceptors (Lipinski definition) is 1. The zero-order chi connectivity index (χ0) is 14.5. The molecule has 3 heteroatoms. The Morgan fingerprint density at radius 1 is 1.35 bits per heavy atom. The van der Waals surface area contributed by atoms with Gasteiger partial charge in [-0.2, -0.15) is 0 Å². The summed E-state index contributed by atoms with van der Waals surface area (Å²) in [6, 6.07) is 6.67. The molecule has 3 unspecified atom stereocenters. The Kier molecular flexibility index (Phi) is 3.72. The standard InChI is InChI=1S/C17H23BrClN/c1-16(2)12-6-7-17(3,9-12)15(16)20-10-11-8-13(18)4-5-14(11)19/h4-5,8,12,15,20H,6-7,9-10H2,1-3H3. The fourth-order valence-corrected chi connectivity index (χ4v) is 5.30. The number of halogens is 2. The maximum absolute atomic E-state index is 6.31. The molecule has 0 aliphatic heterocycles. The molecule has 1 nitrogen and oxygen atoms in total. The largest absolute Gasteiger partial charge is 0.309 e. The molecule has 0 saturated heterocycles. The van der Waals surface area contributed by atoms with Crippen molar-refractivity contribution in [3.63, 3.8) is 0 Å². The molecule has 0 aromatic heterocycles. The second-order valence-electron chi connectivity index (χ2n) is 7.46. The van der Waals surface area contributed by atoms with E-state index < -0.39 is 0 Å². The molecule has 2 fully saturated rings. The zero-order valence-electron chi connectivity index (χ0n) is 12.5. The quantitative estimate of drug-likeness (QED) is 0.764. The first-order valence-corrected chi connectivity index (χ1v) is 8.67. The molecule has 2 aliphatic rings. The van der Waals surface area contributed by atoms with E-state index >= 15 is 0 Å². The van der Waals surface area contributed by atoms with Crippen molar-refractivity contribution >= 4 is 27.5 Å². The fraction of sp³-hybridized carbons (Fsp3) is 0.647. The highest BCUT2D eigenvalue weighted by Crippen LogP contribution is 2.62. The lowest BCUT2D eigenvalue weighted by molar-refractivity contribution is 0.108. The predicted octanol–water partition coefficient (Wildman–Crippen LogP) is 5.41. The van der Waals surface area contributed by atoms with Gasteiger partial charge in [0.25, 0.3) is 0 Å². The van der Waals surface area contributed by atoms with E-state index in [2.05, 4.69) is 48.1 Å². The lowest BCUT2D eigenvalue weighted by Gasteiger charge is -2.43. The first-order chi connectivity index (χ1) is 9.33. The first kappa shape index (κ1) is 14.9. The van der Waals surface area contributed by atoms with Crippen LogP contribution in [0.25, 0.3) is 0 Å². The van der Waals surface area contributed by atoms with Crippen LogP contribution in [0.2, 0.25) is 5.02 Å². The van der Waals surface area contributed by atoms with E-state index in [1.807, 2.05) is 12.1 Å². The third-order valence-corrected chi connectivity index (χ3v) is 6.64. The molecule has 20 heavy (non-hydrogen) atoms. The van der Waals surface area contributed by atoms with Gasteiger partial charge in [-0.05, 0) is 59.8 Å². The summed E-state index contributed by atoms with van der Waals surface area (Å²) in [5.41, 5.74) is 2.04. The smallest absolute Gasteiger partial charge is 0.0451 e. The first-order valence-electron chi connectivity index (χ1n) is 7.50. The Hall–Kier alpha value is -0.0500. The molecule has 3 atom stereocenters. The summed E-state index contributed by atoms with van der Waals surface area (Å²) >= 11 is 9.83. The average Bonchev–Trinajstić information content (AvgIpc) is 2.84. The molecule has 0 heterocycles. The second-order valence-corrected chi connectivity index (χ2v) is 8.79. The monoisotopic (exact) mass is 355 g/mol. The van der Waals surface area contributed by atoms with Gasteiger partial charge in [0.1, 0.15) is 0 Å². The molecule has 1 N–H and O–H groups in total. The highest BCUT2D eigenvalue weighted by Gasteiger charge is 2.58. The molecule has 3 rings (SSSR count). The molecular formula is C17H23BrClN. The van der Waals surface area contributed by atoms with Crippen LogP contribution >= 0.6 is 27.5 Å². The molecule has 2 bridgehead atoms. The van der Waals surface area contributed by atoms with Crippen LogP contribution in [0.3, 0.4) is 0 Å². The van der Waals surface area contributed by atoms with Crippen molar-refractivity contribution in [1.82, 2.24) is 5.32 Å². The Balaban J connectivity index is 1.77. The van der Waals surface area contributed by atoms with Crippen LogP contribution in [0, 0.1) is 16.7 Å². The van der Waals surface area contributed by atoms with Crippen LogP contribution < -0.4 is 5.32 Å². The highest BCUT2D eigenvalue weighted by molar-refractivity contribution is 9.10.